The van der Waals surface area contributed by atoms with Gasteiger partial charge < -0.3 is 14.4 Å². The van der Waals surface area contributed by atoms with Crippen molar-refractivity contribution >= 4 is 27.6 Å². The van der Waals surface area contributed by atoms with E-state index in [4.69, 9.17) is 9.47 Å². The smallest absolute Gasteiger partial charge is 0.223 e. The van der Waals surface area contributed by atoms with Gasteiger partial charge in [-0.05, 0) is 52.2 Å². The summed E-state index contributed by atoms with van der Waals surface area (Å²) < 4.78 is 12.3. The average molecular weight is 444 g/mol. The van der Waals surface area contributed by atoms with Gasteiger partial charge in [0.2, 0.25) is 5.91 Å². The van der Waals surface area contributed by atoms with Crippen molar-refractivity contribution in [3.05, 3.63) is 58.1 Å². The van der Waals surface area contributed by atoms with E-state index in [0.29, 0.717) is 50.1 Å². The Kier molecular flexibility index (Phi) is 5.15. The highest BCUT2D eigenvalue weighted by Crippen LogP contribution is 2.38. The van der Waals surface area contributed by atoms with Crippen LogP contribution in [-0.2, 0) is 11.2 Å². The van der Waals surface area contributed by atoms with E-state index < -0.39 is 5.60 Å². The third-order valence-corrected chi connectivity index (χ3v) is 6.13. The van der Waals surface area contributed by atoms with Gasteiger partial charge in [-0.25, -0.2) is 0 Å². The number of rotatable bonds is 4. The van der Waals surface area contributed by atoms with Gasteiger partial charge in [0, 0.05) is 19.4 Å². The number of carbonyl (C=O) groups is 2. The number of amides is 1. The predicted octanol–water partition coefficient (Wildman–Crippen LogP) is 4.03. The van der Waals surface area contributed by atoms with Crippen LogP contribution in [-0.4, -0.2) is 42.4 Å². The van der Waals surface area contributed by atoms with Crippen LogP contribution >= 0.6 is 15.9 Å². The zero-order valence-corrected chi connectivity index (χ0v) is 17.3. The minimum Gasteiger partial charge on any atom is -0.496 e. The second-order valence-electron chi connectivity index (χ2n) is 7.42. The van der Waals surface area contributed by atoms with Crippen LogP contribution in [0.2, 0.25) is 0 Å². The Labute approximate surface area is 172 Å². The summed E-state index contributed by atoms with van der Waals surface area (Å²) in [4.78, 5) is 27.1. The first kappa shape index (κ1) is 19.0. The van der Waals surface area contributed by atoms with E-state index in [9.17, 15) is 9.59 Å². The molecule has 1 saturated heterocycles. The lowest BCUT2D eigenvalue weighted by atomic mass is 9.89. The Bertz CT molecular complexity index is 929. The van der Waals surface area contributed by atoms with Crippen molar-refractivity contribution in [2.24, 2.45) is 0 Å². The molecule has 2 heterocycles. The van der Waals surface area contributed by atoms with Gasteiger partial charge >= 0.3 is 0 Å². The van der Waals surface area contributed by atoms with Crippen molar-refractivity contribution in [2.75, 3.05) is 20.2 Å². The Morgan fingerprint density at radius 3 is 2.89 bits per heavy atom. The minimum atomic E-state index is -0.579. The molecule has 1 fully saturated rings. The number of nitrogens with zero attached hydrogens (tertiary/aromatic N) is 1. The predicted molar refractivity (Wildman–Crippen MR) is 109 cm³/mol. The van der Waals surface area contributed by atoms with Crippen LogP contribution in [0.1, 0.15) is 35.2 Å². The van der Waals surface area contributed by atoms with E-state index in [1.54, 1.807) is 13.2 Å². The van der Waals surface area contributed by atoms with Crippen molar-refractivity contribution in [3.8, 4) is 11.5 Å². The number of benzene rings is 2. The maximum atomic E-state index is 12.7. The fraction of sp³-hybridized carbons (Fsp3) is 0.364. The average Bonchev–Trinajstić information content (AvgIpc) is 3.09. The number of hydrogen-bond acceptors (Lipinski definition) is 4. The molecule has 146 valence electrons. The lowest BCUT2D eigenvalue weighted by Crippen LogP contribution is -2.45. The number of fused-ring (bicyclic) bond motifs is 1. The van der Waals surface area contributed by atoms with E-state index in [1.165, 1.54) is 0 Å². The molecule has 0 radical (unpaired) electrons. The Balaban J connectivity index is 1.38. The van der Waals surface area contributed by atoms with E-state index in [0.717, 1.165) is 15.8 Å². The first-order valence-electron chi connectivity index (χ1n) is 9.41. The quantitative estimate of drug-likeness (QED) is 0.715. The number of hydrogen-bond donors (Lipinski definition) is 0. The van der Waals surface area contributed by atoms with Crippen LogP contribution in [0.3, 0.4) is 0 Å². The second-order valence-corrected chi connectivity index (χ2v) is 8.27. The molecule has 1 spiro atoms. The summed E-state index contributed by atoms with van der Waals surface area (Å²) in [6, 6.07) is 13.2. The van der Waals surface area contributed by atoms with Gasteiger partial charge in [-0.1, -0.05) is 18.2 Å². The van der Waals surface area contributed by atoms with Crippen molar-refractivity contribution < 1.29 is 19.1 Å². The molecule has 6 heteroatoms. The van der Waals surface area contributed by atoms with Crippen LogP contribution < -0.4 is 9.47 Å². The molecule has 0 aromatic heterocycles. The van der Waals surface area contributed by atoms with Gasteiger partial charge in [-0.15, -0.1) is 0 Å². The highest BCUT2D eigenvalue weighted by Gasteiger charge is 2.46. The molecule has 0 aliphatic carbocycles. The molecular weight excluding hydrogens is 422 g/mol. The van der Waals surface area contributed by atoms with Gasteiger partial charge in [0.15, 0.2) is 5.78 Å². The maximum Gasteiger partial charge on any atom is 0.223 e. The highest BCUT2D eigenvalue weighted by atomic mass is 79.9. The topological polar surface area (TPSA) is 55.8 Å². The number of ketones is 1. The molecule has 2 aliphatic heterocycles. The molecule has 0 bridgehead atoms. The molecule has 0 saturated carbocycles. The van der Waals surface area contributed by atoms with Crippen molar-refractivity contribution in [2.45, 2.75) is 31.3 Å². The Hall–Kier alpha value is -2.34. The van der Waals surface area contributed by atoms with E-state index in [-0.39, 0.29) is 11.7 Å². The van der Waals surface area contributed by atoms with E-state index >= 15 is 0 Å². The monoisotopic (exact) mass is 443 g/mol. The van der Waals surface area contributed by atoms with E-state index in [1.807, 2.05) is 41.3 Å². The zero-order valence-electron chi connectivity index (χ0n) is 15.7. The SMILES string of the molecule is COc1ccc(CCC(=O)N2CCC3(CC(=O)c4ccccc4O3)C2)cc1Br. The molecule has 2 aliphatic rings. The summed E-state index contributed by atoms with van der Waals surface area (Å²) >= 11 is 3.48. The molecule has 1 unspecified atom stereocenters. The third kappa shape index (κ3) is 3.65. The summed E-state index contributed by atoms with van der Waals surface area (Å²) in [6.07, 6.45) is 2.11. The number of carbonyl (C=O) groups excluding carboxylic acids is 2. The maximum absolute atomic E-state index is 12.7. The summed E-state index contributed by atoms with van der Waals surface area (Å²) in [5, 5.41) is 0. The first-order valence-corrected chi connectivity index (χ1v) is 10.2. The largest absolute Gasteiger partial charge is 0.496 e. The van der Waals surface area contributed by atoms with Crippen LogP contribution in [0.25, 0.3) is 0 Å². The number of Topliss-reactive ketones (excluding diaryl/α,β-unsaturated/α-hetero) is 1. The van der Waals surface area contributed by atoms with Gasteiger partial charge in [-0.2, -0.15) is 0 Å². The molecule has 2 aromatic carbocycles. The fourth-order valence-corrected chi connectivity index (χ4v) is 4.59. The molecule has 5 nitrogen and oxygen atoms in total. The summed E-state index contributed by atoms with van der Waals surface area (Å²) in [6.45, 7) is 1.10. The molecule has 1 atom stereocenters. The summed E-state index contributed by atoms with van der Waals surface area (Å²) in [5.74, 6) is 1.60. The molecule has 1 amide bonds. The van der Waals surface area contributed by atoms with Gasteiger partial charge in [0.1, 0.15) is 17.1 Å². The van der Waals surface area contributed by atoms with Crippen LogP contribution in [0.15, 0.2) is 46.9 Å². The van der Waals surface area contributed by atoms with E-state index in [2.05, 4.69) is 15.9 Å². The second kappa shape index (κ2) is 7.59. The number of likely N-dealkylation sites (tertiary alicyclic amines) is 1. The minimum absolute atomic E-state index is 0.0960. The summed E-state index contributed by atoms with van der Waals surface area (Å²) in [7, 11) is 1.63. The molecular formula is C22H22BrNO4. The van der Waals surface area contributed by atoms with Crippen LogP contribution in [0.4, 0.5) is 0 Å². The number of ether oxygens (including phenoxy) is 2. The first-order chi connectivity index (χ1) is 13.5. The zero-order chi connectivity index (χ0) is 19.7. The Morgan fingerprint density at radius 1 is 1.29 bits per heavy atom. The van der Waals surface area contributed by atoms with Gasteiger partial charge in [0.05, 0.1) is 30.1 Å². The normalized spacial score (nSPS) is 20.8. The van der Waals surface area contributed by atoms with Crippen LogP contribution in [0, 0.1) is 0 Å². The van der Waals surface area contributed by atoms with Crippen molar-refractivity contribution in [1.82, 2.24) is 4.90 Å². The van der Waals surface area contributed by atoms with Crippen molar-refractivity contribution in [1.29, 1.82) is 0 Å². The van der Waals surface area contributed by atoms with Crippen LogP contribution in [0.5, 0.6) is 11.5 Å². The lowest BCUT2D eigenvalue weighted by molar-refractivity contribution is -0.130. The molecule has 0 N–H and O–H groups in total. The number of aryl methyl sites for hydroxylation is 1. The Morgan fingerprint density at radius 2 is 2.11 bits per heavy atom. The summed E-state index contributed by atoms with van der Waals surface area (Å²) in [5.41, 5.74) is 1.14. The van der Waals surface area contributed by atoms with Crippen molar-refractivity contribution in [3.63, 3.8) is 0 Å². The standard InChI is InChI=1S/C22H22BrNO4/c1-27-20-8-6-15(12-17(20)23)7-9-21(26)24-11-10-22(14-24)13-18(25)16-4-2-3-5-19(16)28-22/h2-6,8,12H,7,9-11,13-14H2,1H3. The number of methoxy groups -OCH3 is 1. The fourth-order valence-electron chi connectivity index (χ4n) is 4.00. The number of para-hydroxylation sites is 1. The molecule has 4 rings (SSSR count). The number of halogens is 1. The molecule has 2 aromatic rings. The molecule has 28 heavy (non-hydrogen) atoms. The lowest BCUT2D eigenvalue weighted by Gasteiger charge is -2.34. The van der Waals surface area contributed by atoms with Gasteiger partial charge in [-0.3, -0.25) is 9.59 Å². The van der Waals surface area contributed by atoms with Gasteiger partial charge in [0.25, 0.3) is 0 Å². The highest BCUT2D eigenvalue weighted by molar-refractivity contribution is 9.10. The third-order valence-electron chi connectivity index (χ3n) is 5.51.